The second-order valence-electron chi connectivity index (χ2n) is 4.98. The Morgan fingerprint density at radius 1 is 1.19 bits per heavy atom. The second-order valence-corrected chi connectivity index (χ2v) is 5.77. The molecule has 0 saturated heterocycles. The highest BCUT2D eigenvalue weighted by molar-refractivity contribution is 9.10. The van der Waals surface area contributed by atoms with Crippen LogP contribution in [0.15, 0.2) is 34.8 Å². The van der Waals surface area contributed by atoms with Crippen molar-refractivity contribution in [2.24, 2.45) is 0 Å². The van der Waals surface area contributed by atoms with E-state index in [1.165, 1.54) is 6.07 Å². The molecule has 1 N–H and O–H groups in total. The van der Waals surface area contributed by atoms with Gasteiger partial charge in [0.1, 0.15) is 5.75 Å². The molecule has 0 aliphatic rings. The minimum absolute atomic E-state index is 0.291. The van der Waals surface area contributed by atoms with Crippen molar-refractivity contribution in [3.8, 4) is 11.5 Å². The van der Waals surface area contributed by atoms with Crippen molar-refractivity contribution < 1.29 is 9.13 Å². The summed E-state index contributed by atoms with van der Waals surface area (Å²) < 4.78 is 21.0. The molecule has 0 aliphatic carbocycles. The van der Waals surface area contributed by atoms with Crippen LogP contribution in [-0.4, -0.2) is 6.54 Å². The Morgan fingerprint density at radius 3 is 2.48 bits per heavy atom. The molecule has 0 unspecified atom stereocenters. The molecule has 112 valence electrons. The lowest BCUT2D eigenvalue weighted by atomic mass is 10.1. The van der Waals surface area contributed by atoms with Gasteiger partial charge >= 0.3 is 0 Å². The van der Waals surface area contributed by atoms with E-state index in [9.17, 15) is 4.39 Å². The zero-order valence-electron chi connectivity index (χ0n) is 12.5. The highest BCUT2D eigenvalue weighted by Crippen LogP contribution is 2.32. The van der Waals surface area contributed by atoms with Gasteiger partial charge in [0.2, 0.25) is 0 Å². The quantitative estimate of drug-likeness (QED) is 0.808. The first-order valence-electron chi connectivity index (χ1n) is 6.95. The van der Waals surface area contributed by atoms with Crippen LogP contribution in [0.1, 0.15) is 23.6 Å². The highest BCUT2D eigenvalue weighted by Gasteiger charge is 2.12. The van der Waals surface area contributed by atoms with E-state index in [1.54, 1.807) is 6.07 Å². The summed E-state index contributed by atoms with van der Waals surface area (Å²) in [5.74, 6) is 0.597. The Hall–Kier alpha value is -1.39. The van der Waals surface area contributed by atoms with Crippen LogP contribution < -0.4 is 10.1 Å². The van der Waals surface area contributed by atoms with Gasteiger partial charge in [0.05, 0.1) is 0 Å². The van der Waals surface area contributed by atoms with Crippen molar-refractivity contribution in [2.75, 3.05) is 6.54 Å². The lowest BCUT2D eigenvalue weighted by Crippen LogP contribution is -2.12. The smallest absolute Gasteiger partial charge is 0.167 e. The Balaban J connectivity index is 2.34. The van der Waals surface area contributed by atoms with Gasteiger partial charge < -0.3 is 10.1 Å². The third-order valence-electron chi connectivity index (χ3n) is 3.24. The van der Waals surface area contributed by atoms with Crippen molar-refractivity contribution in [1.29, 1.82) is 0 Å². The number of ether oxygens (including phenoxy) is 1. The predicted octanol–water partition coefficient (Wildman–Crippen LogP) is 5.11. The first-order valence-corrected chi connectivity index (χ1v) is 7.75. The largest absolute Gasteiger partial charge is 0.454 e. The van der Waals surface area contributed by atoms with E-state index < -0.39 is 0 Å². The molecule has 0 spiro atoms. The van der Waals surface area contributed by atoms with Crippen LogP contribution >= 0.6 is 15.9 Å². The molecular weight excluding hydrogens is 333 g/mol. The fourth-order valence-corrected chi connectivity index (χ4v) is 2.38. The molecule has 0 aromatic heterocycles. The number of halogens is 2. The normalized spacial score (nSPS) is 10.7. The van der Waals surface area contributed by atoms with E-state index in [0.717, 1.165) is 27.7 Å². The SMILES string of the molecule is CCNCc1cccc(F)c1Oc1cc(C)c(Br)c(C)c1. The number of rotatable bonds is 5. The molecule has 0 heterocycles. The monoisotopic (exact) mass is 351 g/mol. The number of hydrogen-bond acceptors (Lipinski definition) is 2. The van der Waals surface area contributed by atoms with Crippen LogP contribution in [0.4, 0.5) is 4.39 Å². The Labute approximate surface area is 133 Å². The van der Waals surface area contributed by atoms with Crippen molar-refractivity contribution in [1.82, 2.24) is 5.32 Å². The average molecular weight is 352 g/mol. The summed E-state index contributed by atoms with van der Waals surface area (Å²) in [5.41, 5.74) is 2.94. The van der Waals surface area contributed by atoms with Gasteiger partial charge in [-0.3, -0.25) is 0 Å². The van der Waals surface area contributed by atoms with E-state index >= 15 is 0 Å². The number of hydrogen-bond donors (Lipinski definition) is 1. The number of benzene rings is 2. The molecular formula is C17H19BrFNO. The van der Waals surface area contributed by atoms with Gasteiger partial charge in [0, 0.05) is 16.6 Å². The molecule has 0 radical (unpaired) electrons. The minimum Gasteiger partial charge on any atom is -0.454 e. The standard InChI is InChI=1S/C17H19BrFNO/c1-4-20-10-13-6-5-7-15(19)17(13)21-14-8-11(2)16(18)12(3)9-14/h5-9,20H,4,10H2,1-3H3. The molecule has 0 aliphatic heterocycles. The van der Waals surface area contributed by atoms with Crippen LogP contribution in [0, 0.1) is 19.7 Å². The third kappa shape index (κ3) is 3.83. The van der Waals surface area contributed by atoms with E-state index in [0.29, 0.717) is 18.0 Å². The summed E-state index contributed by atoms with van der Waals surface area (Å²) in [5, 5.41) is 3.20. The summed E-state index contributed by atoms with van der Waals surface area (Å²) in [6.45, 7) is 7.40. The number of para-hydroxylation sites is 1. The predicted molar refractivity (Wildman–Crippen MR) is 87.5 cm³/mol. The van der Waals surface area contributed by atoms with Gasteiger partial charge in [-0.05, 0) is 49.7 Å². The molecule has 2 aromatic carbocycles. The minimum atomic E-state index is -0.344. The third-order valence-corrected chi connectivity index (χ3v) is 4.49. The molecule has 0 fully saturated rings. The van der Waals surface area contributed by atoms with Crippen molar-refractivity contribution >= 4 is 15.9 Å². The molecule has 4 heteroatoms. The van der Waals surface area contributed by atoms with Gasteiger partial charge in [-0.1, -0.05) is 35.0 Å². The molecule has 0 saturated carbocycles. The molecule has 2 rings (SSSR count). The van der Waals surface area contributed by atoms with Crippen molar-refractivity contribution in [3.63, 3.8) is 0 Å². The molecule has 2 aromatic rings. The molecule has 0 amide bonds. The Kier molecular flexibility index (Phi) is 5.37. The lowest BCUT2D eigenvalue weighted by Gasteiger charge is -2.14. The van der Waals surface area contributed by atoms with Gasteiger partial charge in [-0.25, -0.2) is 4.39 Å². The summed E-state index contributed by atoms with van der Waals surface area (Å²) in [4.78, 5) is 0. The van der Waals surface area contributed by atoms with Gasteiger partial charge in [0.15, 0.2) is 11.6 Å². The lowest BCUT2D eigenvalue weighted by molar-refractivity contribution is 0.433. The Bertz CT molecular complexity index is 620. The zero-order chi connectivity index (χ0) is 15.4. The maximum atomic E-state index is 14.1. The van der Waals surface area contributed by atoms with Crippen LogP contribution in [0.5, 0.6) is 11.5 Å². The first kappa shape index (κ1) is 16.0. The molecule has 0 atom stereocenters. The van der Waals surface area contributed by atoms with Crippen molar-refractivity contribution in [3.05, 3.63) is 57.3 Å². The van der Waals surface area contributed by atoms with Gasteiger partial charge in [-0.2, -0.15) is 0 Å². The molecule has 21 heavy (non-hydrogen) atoms. The average Bonchev–Trinajstić information content (AvgIpc) is 2.45. The van der Waals surface area contributed by atoms with Gasteiger partial charge in [0.25, 0.3) is 0 Å². The Morgan fingerprint density at radius 2 is 1.86 bits per heavy atom. The van der Waals surface area contributed by atoms with E-state index in [2.05, 4.69) is 21.2 Å². The first-order chi connectivity index (χ1) is 10.0. The fourth-order valence-electron chi connectivity index (χ4n) is 2.15. The maximum Gasteiger partial charge on any atom is 0.167 e. The fraction of sp³-hybridized carbons (Fsp3) is 0.294. The second kappa shape index (κ2) is 7.05. The molecule has 2 nitrogen and oxygen atoms in total. The number of aryl methyl sites for hydroxylation is 2. The zero-order valence-corrected chi connectivity index (χ0v) is 14.1. The van der Waals surface area contributed by atoms with E-state index in [-0.39, 0.29) is 5.82 Å². The topological polar surface area (TPSA) is 21.3 Å². The van der Waals surface area contributed by atoms with Crippen LogP contribution in [0.25, 0.3) is 0 Å². The van der Waals surface area contributed by atoms with Crippen LogP contribution in [-0.2, 0) is 6.54 Å². The molecule has 0 bridgehead atoms. The van der Waals surface area contributed by atoms with Crippen LogP contribution in [0.3, 0.4) is 0 Å². The summed E-state index contributed by atoms with van der Waals surface area (Å²) in [7, 11) is 0. The maximum absolute atomic E-state index is 14.1. The summed E-state index contributed by atoms with van der Waals surface area (Å²) >= 11 is 3.52. The highest BCUT2D eigenvalue weighted by atomic mass is 79.9. The summed E-state index contributed by atoms with van der Waals surface area (Å²) in [6, 6.07) is 8.80. The van der Waals surface area contributed by atoms with Gasteiger partial charge in [-0.15, -0.1) is 0 Å². The van der Waals surface area contributed by atoms with E-state index in [4.69, 9.17) is 4.74 Å². The number of nitrogens with one attached hydrogen (secondary N) is 1. The van der Waals surface area contributed by atoms with E-state index in [1.807, 2.05) is 39.0 Å². The summed E-state index contributed by atoms with van der Waals surface area (Å²) in [6.07, 6.45) is 0. The van der Waals surface area contributed by atoms with Crippen LogP contribution in [0.2, 0.25) is 0 Å². The van der Waals surface area contributed by atoms with Crippen molar-refractivity contribution in [2.45, 2.75) is 27.3 Å².